The topological polar surface area (TPSA) is 112 Å². The average Bonchev–Trinajstić information content (AvgIpc) is 3.20. The number of rotatable bonds is 1. The monoisotopic (exact) mass is 469 g/mol. The van der Waals surface area contributed by atoms with Crippen molar-refractivity contribution >= 4 is 33.5 Å². The second-order valence-electron chi connectivity index (χ2n) is 8.48. The molecule has 0 radical (unpaired) electrons. The Balaban J connectivity index is 1.41. The Hall–Kier alpha value is -3.96. The zero-order chi connectivity index (χ0) is 23.8. The van der Waals surface area contributed by atoms with Gasteiger partial charge in [-0.2, -0.15) is 18.3 Å². The first-order valence-corrected chi connectivity index (χ1v) is 10.6. The summed E-state index contributed by atoms with van der Waals surface area (Å²) >= 11 is 0. The highest BCUT2D eigenvalue weighted by Gasteiger charge is 2.42. The van der Waals surface area contributed by atoms with E-state index >= 15 is 0 Å². The van der Waals surface area contributed by atoms with E-state index in [4.69, 9.17) is 10.5 Å². The Labute approximate surface area is 190 Å². The summed E-state index contributed by atoms with van der Waals surface area (Å²) < 4.78 is 46.8. The fourth-order valence-corrected chi connectivity index (χ4v) is 4.82. The van der Waals surface area contributed by atoms with E-state index < -0.39 is 17.9 Å². The van der Waals surface area contributed by atoms with Gasteiger partial charge in [0.2, 0.25) is 5.88 Å². The lowest BCUT2D eigenvalue weighted by Crippen LogP contribution is -2.47. The van der Waals surface area contributed by atoms with Gasteiger partial charge in [0.05, 0.1) is 34.9 Å². The maximum Gasteiger partial charge on any atom is 0.433 e. The molecule has 2 N–H and O–H groups in total. The third-order valence-electron chi connectivity index (χ3n) is 6.45. The first-order chi connectivity index (χ1) is 16.2. The maximum atomic E-state index is 13.6. The number of pyridine rings is 3. The Kier molecular flexibility index (Phi) is 4.26. The molecule has 2 aliphatic rings. The van der Waals surface area contributed by atoms with E-state index in [0.717, 1.165) is 11.6 Å². The Bertz CT molecular complexity index is 1480. The van der Waals surface area contributed by atoms with Gasteiger partial charge >= 0.3 is 6.18 Å². The van der Waals surface area contributed by atoms with E-state index in [1.165, 1.54) is 12.3 Å². The number of amides is 1. The number of hydrogen-bond donors (Lipinski definition) is 1. The van der Waals surface area contributed by atoms with Gasteiger partial charge in [0.15, 0.2) is 0 Å². The number of alkyl halides is 3. The number of halogens is 3. The summed E-state index contributed by atoms with van der Waals surface area (Å²) in [6.07, 6.45) is -0.813. The van der Waals surface area contributed by atoms with Gasteiger partial charge in [0.1, 0.15) is 23.3 Å². The lowest BCUT2D eigenvalue weighted by molar-refractivity contribution is -0.141. The normalized spacial score (nSPS) is 19.8. The fraction of sp³-hybridized carbons (Fsp3) is 0.318. The molecule has 2 aliphatic heterocycles. The van der Waals surface area contributed by atoms with Crippen LogP contribution >= 0.6 is 0 Å². The van der Waals surface area contributed by atoms with E-state index in [0.29, 0.717) is 47.1 Å². The van der Waals surface area contributed by atoms with Gasteiger partial charge < -0.3 is 15.4 Å². The number of likely N-dealkylation sites (tertiary alicyclic amines) is 1. The fourth-order valence-electron chi connectivity index (χ4n) is 4.82. The van der Waals surface area contributed by atoms with Crippen LogP contribution in [0.25, 0.3) is 21.8 Å². The number of fused-ring (bicyclic) bond motifs is 7. The van der Waals surface area contributed by atoms with Crippen LogP contribution in [0.15, 0.2) is 30.6 Å². The summed E-state index contributed by atoms with van der Waals surface area (Å²) in [7, 11) is 1.77. The molecule has 4 aromatic rings. The third-order valence-corrected chi connectivity index (χ3v) is 6.45. The molecule has 4 aromatic heterocycles. The molecule has 34 heavy (non-hydrogen) atoms. The molecule has 1 saturated heterocycles. The van der Waals surface area contributed by atoms with E-state index in [9.17, 15) is 18.0 Å². The SMILES string of the molecule is Cn1ncc2c(N)nc3cnc(C(=O)N4CC[C@H]5C[C@@H]4c4ccc(C(F)(F)F)nc4O5)cc3c21. The standard InChI is InChI=1S/C22H18F3N7O2/c1-31-18-12-7-14(27-9-15(12)29-19(26)13(18)8-28-31)21(33)32-5-4-10-6-16(32)11-2-3-17(22(23,24)25)30-20(11)34-10/h2-3,7-10,16H,4-6H2,1H3,(H2,26,29)/t10-,16+/m0/s1. The van der Waals surface area contributed by atoms with E-state index in [-0.39, 0.29) is 23.6 Å². The summed E-state index contributed by atoms with van der Waals surface area (Å²) in [6.45, 7) is 0.384. The second-order valence-corrected chi connectivity index (χ2v) is 8.48. The zero-order valence-corrected chi connectivity index (χ0v) is 17.9. The minimum atomic E-state index is -4.58. The Morgan fingerprint density at radius 3 is 2.82 bits per heavy atom. The van der Waals surface area contributed by atoms with Crippen LogP contribution < -0.4 is 10.5 Å². The number of nitrogens with zero attached hydrogens (tertiary/aromatic N) is 6. The molecule has 2 atom stereocenters. The summed E-state index contributed by atoms with van der Waals surface area (Å²) in [4.78, 5) is 27.6. The van der Waals surface area contributed by atoms with Gasteiger partial charge in [-0.15, -0.1) is 0 Å². The summed E-state index contributed by atoms with van der Waals surface area (Å²) in [6, 6.07) is 3.47. The number of aromatic nitrogens is 5. The lowest BCUT2D eigenvalue weighted by atomic mass is 9.90. The quantitative estimate of drug-likeness (QED) is 0.455. The molecule has 6 heterocycles. The number of hydrogen-bond acceptors (Lipinski definition) is 7. The Morgan fingerprint density at radius 2 is 2.03 bits per heavy atom. The molecule has 0 unspecified atom stereocenters. The highest BCUT2D eigenvalue weighted by Crippen LogP contribution is 2.43. The number of anilines is 1. The van der Waals surface area contributed by atoms with Crippen molar-refractivity contribution in [1.82, 2.24) is 29.6 Å². The van der Waals surface area contributed by atoms with Crippen molar-refractivity contribution < 1.29 is 22.7 Å². The summed E-state index contributed by atoms with van der Waals surface area (Å²) in [5, 5.41) is 5.60. The van der Waals surface area contributed by atoms with Gasteiger partial charge in [-0.05, 0) is 18.2 Å². The van der Waals surface area contributed by atoms with Crippen molar-refractivity contribution in [2.24, 2.45) is 7.05 Å². The molecule has 0 saturated carbocycles. The maximum absolute atomic E-state index is 13.6. The number of ether oxygens (including phenoxy) is 1. The van der Waals surface area contributed by atoms with Crippen LogP contribution in [0, 0.1) is 0 Å². The Morgan fingerprint density at radius 1 is 1.21 bits per heavy atom. The second kappa shape index (κ2) is 7.02. The molecule has 1 fully saturated rings. The molecule has 0 spiro atoms. The van der Waals surface area contributed by atoms with Crippen LogP contribution in [-0.2, 0) is 13.2 Å². The van der Waals surface area contributed by atoms with Crippen LogP contribution in [0.3, 0.4) is 0 Å². The van der Waals surface area contributed by atoms with Crippen LogP contribution in [0.5, 0.6) is 5.88 Å². The number of carbonyl (C=O) groups is 1. The molecule has 0 aliphatic carbocycles. The number of piperidine rings is 1. The van der Waals surface area contributed by atoms with Gasteiger partial charge in [0.25, 0.3) is 5.91 Å². The van der Waals surface area contributed by atoms with Gasteiger partial charge in [-0.3, -0.25) is 9.48 Å². The van der Waals surface area contributed by atoms with Gasteiger partial charge in [-0.25, -0.2) is 15.0 Å². The average molecular weight is 469 g/mol. The highest BCUT2D eigenvalue weighted by molar-refractivity contribution is 6.09. The van der Waals surface area contributed by atoms with Crippen LogP contribution in [0.4, 0.5) is 19.0 Å². The van der Waals surface area contributed by atoms with Gasteiger partial charge in [0, 0.05) is 37.4 Å². The van der Waals surface area contributed by atoms with E-state index in [1.54, 1.807) is 28.9 Å². The zero-order valence-electron chi connectivity index (χ0n) is 17.9. The molecule has 0 aromatic carbocycles. The van der Waals surface area contributed by atoms with Crippen molar-refractivity contribution in [2.75, 3.05) is 12.3 Å². The van der Waals surface area contributed by atoms with Crippen molar-refractivity contribution in [3.05, 3.63) is 47.5 Å². The molecular formula is C22H18F3N7O2. The minimum absolute atomic E-state index is 0.0729. The molecule has 6 rings (SSSR count). The van der Waals surface area contributed by atoms with Crippen molar-refractivity contribution in [1.29, 1.82) is 0 Å². The molecule has 1 amide bonds. The number of carbonyl (C=O) groups excluding carboxylic acids is 1. The number of nitrogens with two attached hydrogens (primary N) is 1. The van der Waals surface area contributed by atoms with E-state index in [2.05, 4.69) is 20.1 Å². The number of aryl methyl sites for hydroxylation is 1. The molecule has 174 valence electrons. The summed E-state index contributed by atoms with van der Waals surface area (Å²) in [5.41, 5.74) is 6.94. The van der Waals surface area contributed by atoms with Gasteiger partial charge in [-0.1, -0.05) is 0 Å². The van der Waals surface area contributed by atoms with Crippen LogP contribution in [-0.4, -0.2) is 48.2 Å². The minimum Gasteiger partial charge on any atom is -0.474 e. The first kappa shape index (κ1) is 20.6. The lowest BCUT2D eigenvalue weighted by Gasteiger charge is -2.43. The van der Waals surface area contributed by atoms with Crippen LogP contribution in [0.2, 0.25) is 0 Å². The highest BCUT2D eigenvalue weighted by atomic mass is 19.4. The van der Waals surface area contributed by atoms with Crippen molar-refractivity contribution in [2.45, 2.75) is 31.2 Å². The van der Waals surface area contributed by atoms with Crippen LogP contribution in [0.1, 0.15) is 40.6 Å². The third kappa shape index (κ3) is 3.05. The largest absolute Gasteiger partial charge is 0.474 e. The number of nitrogen functional groups attached to an aromatic ring is 1. The molecule has 12 heteroatoms. The summed E-state index contributed by atoms with van der Waals surface area (Å²) in [5.74, 6) is -0.0790. The predicted molar refractivity (Wildman–Crippen MR) is 115 cm³/mol. The van der Waals surface area contributed by atoms with E-state index in [1.807, 2.05) is 0 Å². The van der Waals surface area contributed by atoms with Crippen molar-refractivity contribution in [3.63, 3.8) is 0 Å². The smallest absolute Gasteiger partial charge is 0.433 e. The van der Waals surface area contributed by atoms with Crippen molar-refractivity contribution in [3.8, 4) is 5.88 Å². The predicted octanol–water partition coefficient (Wildman–Crippen LogP) is 3.25. The molecule has 9 nitrogen and oxygen atoms in total. The molecule has 2 bridgehead atoms. The first-order valence-electron chi connectivity index (χ1n) is 10.6. The molecular weight excluding hydrogens is 451 g/mol.